The lowest BCUT2D eigenvalue weighted by atomic mass is 10.1. The average Bonchev–Trinajstić information content (AvgIpc) is 2.42. The summed E-state index contributed by atoms with van der Waals surface area (Å²) in [7, 11) is 0. The van der Waals surface area contributed by atoms with E-state index >= 15 is 0 Å². The smallest absolute Gasteiger partial charge is 0.416 e. The molecule has 0 fully saturated rings. The Morgan fingerprint density at radius 3 is 2.36 bits per heavy atom. The molecule has 22 heavy (non-hydrogen) atoms. The number of rotatable bonds is 5. The standard InChI is InChI=1S/C12H11F3N2O5/c1-2-16(6-10(18)19)11(20)8-4-3-7(12(13,14)15)5-9(8)17(21)22/h3-5H,2,6H2,1H3,(H,18,19). The van der Waals surface area contributed by atoms with Gasteiger partial charge in [0.25, 0.3) is 11.6 Å². The number of halogens is 3. The van der Waals surface area contributed by atoms with Crippen molar-refractivity contribution in [2.24, 2.45) is 0 Å². The van der Waals surface area contributed by atoms with E-state index in [1.807, 2.05) is 0 Å². The number of carboxylic acids is 1. The fraction of sp³-hybridized carbons (Fsp3) is 0.333. The van der Waals surface area contributed by atoms with Crippen molar-refractivity contribution in [2.45, 2.75) is 13.1 Å². The lowest BCUT2D eigenvalue weighted by molar-refractivity contribution is -0.385. The molecule has 0 spiro atoms. The Balaban J connectivity index is 3.31. The van der Waals surface area contributed by atoms with Gasteiger partial charge in [-0.1, -0.05) is 0 Å². The number of aliphatic carboxylic acids is 1. The van der Waals surface area contributed by atoms with Gasteiger partial charge in [0, 0.05) is 12.6 Å². The van der Waals surface area contributed by atoms with Crippen LogP contribution >= 0.6 is 0 Å². The normalized spacial score (nSPS) is 11.1. The molecule has 0 aliphatic rings. The number of carboxylic acid groups (broad SMARTS) is 1. The summed E-state index contributed by atoms with van der Waals surface area (Å²) in [6.45, 7) is 0.660. The minimum absolute atomic E-state index is 0.0662. The fourth-order valence-corrected chi connectivity index (χ4v) is 1.70. The highest BCUT2D eigenvalue weighted by molar-refractivity contribution is 5.99. The van der Waals surface area contributed by atoms with E-state index in [1.165, 1.54) is 6.92 Å². The SMILES string of the molecule is CCN(CC(=O)O)C(=O)c1ccc(C(F)(F)F)cc1[N+](=O)[O-]. The third-order valence-corrected chi connectivity index (χ3v) is 2.75. The molecule has 0 bridgehead atoms. The molecule has 10 heteroatoms. The molecule has 0 unspecified atom stereocenters. The number of hydrogen-bond donors (Lipinski definition) is 1. The highest BCUT2D eigenvalue weighted by Gasteiger charge is 2.34. The van der Waals surface area contributed by atoms with Gasteiger partial charge < -0.3 is 10.0 Å². The maximum atomic E-state index is 12.6. The van der Waals surface area contributed by atoms with Gasteiger partial charge >= 0.3 is 12.1 Å². The van der Waals surface area contributed by atoms with Crippen LogP contribution in [0, 0.1) is 10.1 Å². The minimum Gasteiger partial charge on any atom is -0.480 e. The van der Waals surface area contributed by atoms with Crippen molar-refractivity contribution in [1.29, 1.82) is 0 Å². The quantitative estimate of drug-likeness (QED) is 0.662. The van der Waals surface area contributed by atoms with Gasteiger partial charge in [0.1, 0.15) is 12.1 Å². The monoisotopic (exact) mass is 320 g/mol. The topological polar surface area (TPSA) is 101 Å². The molecule has 7 nitrogen and oxygen atoms in total. The van der Waals surface area contributed by atoms with E-state index in [4.69, 9.17) is 5.11 Å². The molecular formula is C12H11F3N2O5. The van der Waals surface area contributed by atoms with Gasteiger partial charge in [0.05, 0.1) is 10.5 Å². The molecule has 0 saturated carbocycles. The minimum atomic E-state index is -4.79. The zero-order valence-electron chi connectivity index (χ0n) is 11.3. The molecule has 0 saturated heterocycles. The predicted octanol–water partition coefficient (Wildman–Crippen LogP) is 2.16. The van der Waals surface area contributed by atoms with Gasteiger partial charge in [0.2, 0.25) is 0 Å². The summed E-state index contributed by atoms with van der Waals surface area (Å²) in [5.74, 6) is -2.37. The molecule has 0 radical (unpaired) electrons. The molecule has 0 atom stereocenters. The van der Waals surface area contributed by atoms with Crippen molar-refractivity contribution < 1.29 is 32.8 Å². The van der Waals surface area contributed by atoms with E-state index in [0.29, 0.717) is 12.1 Å². The Labute approximate surface area is 122 Å². The molecule has 1 amide bonds. The summed E-state index contributed by atoms with van der Waals surface area (Å²) in [5.41, 5.74) is -2.89. The van der Waals surface area contributed by atoms with Crippen LogP contribution in [-0.4, -0.2) is 39.9 Å². The second-order valence-electron chi connectivity index (χ2n) is 4.20. The Morgan fingerprint density at radius 1 is 1.36 bits per heavy atom. The third kappa shape index (κ3) is 3.93. The number of carbonyl (C=O) groups is 2. The Hall–Kier alpha value is -2.65. The Kier molecular flexibility index (Phi) is 5.07. The van der Waals surface area contributed by atoms with Gasteiger partial charge in [-0.25, -0.2) is 0 Å². The molecular weight excluding hydrogens is 309 g/mol. The lowest BCUT2D eigenvalue weighted by Gasteiger charge is -2.18. The summed E-state index contributed by atoms with van der Waals surface area (Å²) >= 11 is 0. The summed E-state index contributed by atoms with van der Waals surface area (Å²) in [4.78, 5) is 33.3. The van der Waals surface area contributed by atoms with E-state index in [-0.39, 0.29) is 12.6 Å². The number of amides is 1. The molecule has 1 rings (SSSR count). The van der Waals surface area contributed by atoms with Gasteiger partial charge in [-0.05, 0) is 19.1 Å². The number of alkyl halides is 3. The maximum absolute atomic E-state index is 12.6. The zero-order chi connectivity index (χ0) is 17.1. The molecule has 1 N–H and O–H groups in total. The van der Waals surface area contributed by atoms with Crippen LogP contribution in [0.25, 0.3) is 0 Å². The van der Waals surface area contributed by atoms with Crippen LogP contribution in [0.1, 0.15) is 22.8 Å². The molecule has 1 aromatic rings. The molecule has 1 aromatic carbocycles. The summed E-state index contributed by atoms with van der Waals surface area (Å²) in [6, 6.07) is 1.46. The van der Waals surface area contributed by atoms with Crippen LogP contribution in [0.15, 0.2) is 18.2 Å². The number of nitro groups is 1. The van der Waals surface area contributed by atoms with Crippen molar-refractivity contribution in [3.05, 3.63) is 39.4 Å². The van der Waals surface area contributed by atoms with Crippen molar-refractivity contribution in [3.63, 3.8) is 0 Å². The second kappa shape index (κ2) is 6.41. The molecule has 0 aliphatic heterocycles. The summed E-state index contributed by atoms with van der Waals surface area (Å²) in [6.07, 6.45) is -4.79. The van der Waals surface area contributed by atoms with Crippen molar-refractivity contribution in [1.82, 2.24) is 4.90 Å². The molecule has 0 heterocycles. The highest BCUT2D eigenvalue weighted by atomic mass is 19.4. The first-order valence-corrected chi connectivity index (χ1v) is 5.94. The van der Waals surface area contributed by atoms with Crippen LogP contribution in [0.3, 0.4) is 0 Å². The molecule has 0 aliphatic carbocycles. The van der Waals surface area contributed by atoms with Crippen molar-refractivity contribution in [2.75, 3.05) is 13.1 Å². The number of benzene rings is 1. The first-order chi connectivity index (χ1) is 10.1. The number of likely N-dealkylation sites (N-methyl/N-ethyl adjacent to an activating group) is 1. The van der Waals surface area contributed by atoms with E-state index in [1.54, 1.807) is 0 Å². The van der Waals surface area contributed by atoms with Crippen molar-refractivity contribution in [3.8, 4) is 0 Å². The van der Waals surface area contributed by atoms with E-state index in [9.17, 15) is 32.9 Å². The highest BCUT2D eigenvalue weighted by Crippen LogP contribution is 2.33. The number of nitrogens with zero attached hydrogens (tertiary/aromatic N) is 2. The van der Waals surface area contributed by atoms with Gasteiger partial charge in [-0.3, -0.25) is 19.7 Å². The Bertz CT molecular complexity index is 615. The van der Waals surface area contributed by atoms with Gasteiger partial charge in [-0.2, -0.15) is 13.2 Å². The maximum Gasteiger partial charge on any atom is 0.416 e. The van der Waals surface area contributed by atoms with Gasteiger partial charge in [-0.15, -0.1) is 0 Å². The number of hydrogen-bond acceptors (Lipinski definition) is 4. The van der Waals surface area contributed by atoms with Crippen LogP contribution < -0.4 is 0 Å². The largest absolute Gasteiger partial charge is 0.480 e. The lowest BCUT2D eigenvalue weighted by Crippen LogP contribution is -2.35. The third-order valence-electron chi connectivity index (χ3n) is 2.75. The molecule has 120 valence electrons. The van der Waals surface area contributed by atoms with Crippen LogP contribution in [-0.2, 0) is 11.0 Å². The average molecular weight is 320 g/mol. The van der Waals surface area contributed by atoms with Crippen LogP contribution in [0.2, 0.25) is 0 Å². The van der Waals surface area contributed by atoms with E-state index in [0.717, 1.165) is 4.90 Å². The van der Waals surface area contributed by atoms with Gasteiger partial charge in [0.15, 0.2) is 0 Å². The van der Waals surface area contributed by atoms with Crippen LogP contribution in [0.5, 0.6) is 0 Å². The van der Waals surface area contributed by atoms with E-state index in [2.05, 4.69) is 0 Å². The predicted molar refractivity (Wildman–Crippen MR) is 67.3 cm³/mol. The first kappa shape index (κ1) is 17.4. The zero-order valence-corrected chi connectivity index (χ0v) is 11.3. The van der Waals surface area contributed by atoms with E-state index < -0.39 is 46.3 Å². The molecule has 0 aromatic heterocycles. The van der Waals surface area contributed by atoms with Crippen LogP contribution in [0.4, 0.5) is 18.9 Å². The summed E-state index contributed by atoms with van der Waals surface area (Å²) < 4.78 is 37.7. The number of nitro benzene ring substituents is 1. The first-order valence-electron chi connectivity index (χ1n) is 5.94. The van der Waals surface area contributed by atoms with Crippen molar-refractivity contribution >= 4 is 17.6 Å². The number of carbonyl (C=O) groups excluding carboxylic acids is 1. The summed E-state index contributed by atoms with van der Waals surface area (Å²) in [5, 5.41) is 19.6. The Morgan fingerprint density at radius 2 is 1.95 bits per heavy atom. The fourth-order valence-electron chi connectivity index (χ4n) is 1.70. The second-order valence-corrected chi connectivity index (χ2v) is 4.20.